The quantitative estimate of drug-likeness (QED) is 0.910. The molecule has 0 spiro atoms. The standard InChI is InChI=1S/C12H14N4O2S/c17-12(10-3-1-5-18-10)13-7-9-8-16(15-14-9)11-4-2-6-19-11/h2,4,6,8,10H,1,3,5,7H2,(H,13,17). The van der Waals surface area contributed by atoms with Crippen LogP contribution in [0.1, 0.15) is 18.5 Å². The summed E-state index contributed by atoms with van der Waals surface area (Å²) >= 11 is 1.59. The number of rotatable bonds is 4. The van der Waals surface area contributed by atoms with E-state index in [9.17, 15) is 4.79 Å². The van der Waals surface area contributed by atoms with Crippen LogP contribution in [0.15, 0.2) is 23.7 Å². The lowest BCUT2D eigenvalue weighted by Crippen LogP contribution is -2.33. The van der Waals surface area contributed by atoms with E-state index < -0.39 is 0 Å². The van der Waals surface area contributed by atoms with Gasteiger partial charge in [0.2, 0.25) is 5.91 Å². The molecule has 1 amide bonds. The maximum Gasteiger partial charge on any atom is 0.249 e. The Kier molecular flexibility index (Phi) is 3.56. The highest BCUT2D eigenvalue weighted by Crippen LogP contribution is 2.14. The number of hydrogen-bond acceptors (Lipinski definition) is 5. The number of carbonyl (C=O) groups is 1. The number of hydrogen-bond donors (Lipinski definition) is 1. The van der Waals surface area contributed by atoms with E-state index in [0.29, 0.717) is 13.2 Å². The Bertz CT molecular complexity index is 546. The summed E-state index contributed by atoms with van der Waals surface area (Å²) in [5.74, 6) is -0.0665. The lowest BCUT2D eigenvalue weighted by atomic mass is 10.2. The Balaban J connectivity index is 1.57. The predicted molar refractivity (Wildman–Crippen MR) is 70.1 cm³/mol. The highest BCUT2D eigenvalue weighted by molar-refractivity contribution is 7.12. The second kappa shape index (κ2) is 5.50. The second-order valence-electron chi connectivity index (χ2n) is 4.33. The van der Waals surface area contributed by atoms with Crippen molar-refractivity contribution in [1.29, 1.82) is 0 Å². The smallest absolute Gasteiger partial charge is 0.249 e. The molecule has 19 heavy (non-hydrogen) atoms. The van der Waals surface area contributed by atoms with Crippen LogP contribution in [0.3, 0.4) is 0 Å². The zero-order chi connectivity index (χ0) is 13.1. The highest BCUT2D eigenvalue weighted by Gasteiger charge is 2.23. The number of ether oxygens (including phenoxy) is 1. The number of amides is 1. The fraction of sp³-hybridized carbons (Fsp3) is 0.417. The second-order valence-corrected chi connectivity index (χ2v) is 5.25. The maximum absolute atomic E-state index is 11.8. The molecular formula is C12H14N4O2S. The van der Waals surface area contributed by atoms with Gasteiger partial charge in [-0.05, 0) is 30.4 Å². The third-order valence-electron chi connectivity index (χ3n) is 2.94. The number of carbonyl (C=O) groups excluding carboxylic acids is 1. The van der Waals surface area contributed by atoms with Gasteiger partial charge in [-0.15, -0.1) is 16.4 Å². The van der Waals surface area contributed by atoms with Crippen LogP contribution >= 0.6 is 11.3 Å². The molecule has 1 N–H and O–H groups in total. The molecule has 1 aliphatic rings. The maximum atomic E-state index is 11.8. The Morgan fingerprint density at radius 2 is 2.58 bits per heavy atom. The molecule has 1 aliphatic heterocycles. The summed E-state index contributed by atoms with van der Waals surface area (Å²) in [6, 6.07) is 3.93. The molecule has 2 aromatic heterocycles. The van der Waals surface area contributed by atoms with Gasteiger partial charge in [0.15, 0.2) is 0 Å². The van der Waals surface area contributed by atoms with Crippen LogP contribution in [0.25, 0.3) is 5.00 Å². The number of aromatic nitrogens is 3. The third kappa shape index (κ3) is 2.82. The minimum Gasteiger partial charge on any atom is -0.368 e. The normalized spacial score (nSPS) is 18.6. The summed E-state index contributed by atoms with van der Waals surface area (Å²) in [6.07, 6.45) is 3.27. The van der Waals surface area contributed by atoms with Gasteiger partial charge < -0.3 is 10.1 Å². The number of thiophene rings is 1. The SMILES string of the molecule is O=C(NCc1cn(-c2cccs2)nn1)C1CCCO1. The third-order valence-corrected chi connectivity index (χ3v) is 3.80. The van der Waals surface area contributed by atoms with Gasteiger partial charge in [0.05, 0.1) is 12.7 Å². The summed E-state index contributed by atoms with van der Waals surface area (Å²) in [4.78, 5) is 11.8. The molecule has 0 aliphatic carbocycles. The van der Waals surface area contributed by atoms with E-state index in [2.05, 4.69) is 15.6 Å². The molecule has 0 saturated carbocycles. The fourth-order valence-corrected chi connectivity index (χ4v) is 2.61. The molecule has 0 bridgehead atoms. The van der Waals surface area contributed by atoms with E-state index in [1.165, 1.54) is 0 Å². The molecule has 0 radical (unpaired) electrons. The largest absolute Gasteiger partial charge is 0.368 e. The summed E-state index contributed by atoms with van der Waals surface area (Å²) < 4.78 is 7.02. The lowest BCUT2D eigenvalue weighted by Gasteiger charge is -2.08. The first-order valence-corrected chi connectivity index (χ1v) is 7.05. The first-order chi connectivity index (χ1) is 9.33. The van der Waals surface area contributed by atoms with Crippen molar-refractivity contribution in [3.05, 3.63) is 29.4 Å². The molecule has 3 rings (SSSR count). The Morgan fingerprint density at radius 3 is 3.32 bits per heavy atom. The van der Waals surface area contributed by atoms with Crippen molar-refractivity contribution in [2.45, 2.75) is 25.5 Å². The average molecular weight is 278 g/mol. The van der Waals surface area contributed by atoms with Gasteiger partial charge in [0, 0.05) is 6.61 Å². The van der Waals surface area contributed by atoms with E-state index in [4.69, 9.17) is 4.74 Å². The van der Waals surface area contributed by atoms with E-state index >= 15 is 0 Å². The number of nitrogens with one attached hydrogen (secondary N) is 1. The van der Waals surface area contributed by atoms with Crippen LogP contribution in [0, 0.1) is 0 Å². The van der Waals surface area contributed by atoms with Crippen LogP contribution in [0.2, 0.25) is 0 Å². The monoisotopic (exact) mass is 278 g/mol. The van der Waals surface area contributed by atoms with Gasteiger partial charge in [-0.2, -0.15) is 0 Å². The number of nitrogens with zero attached hydrogens (tertiary/aromatic N) is 3. The van der Waals surface area contributed by atoms with Crippen LogP contribution in [0.5, 0.6) is 0 Å². The topological polar surface area (TPSA) is 69.0 Å². The molecule has 1 unspecified atom stereocenters. The van der Waals surface area contributed by atoms with Crippen LogP contribution < -0.4 is 5.32 Å². The van der Waals surface area contributed by atoms with Gasteiger partial charge in [-0.3, -0.25) is 4.79 Å². The molecule has 6 nitrogen and oxygen atoms in total. The van der Waals surface area contributed by atoms with Gasteiger partial charge in [-0.25, -0.2) is 4.68 Å². The molecule has 0 aromatic carbocycles. The zero-order valence-electron chi connectivity index (χ0n) is 10.3. The minimum absolute atomic E-state index is 0.0665. The van der Waals surface area contributed by atoms with Gasteiger partial charge in [0.25, 0.3) is 0 Å². The molecule has 1 fully saturated rings. The predicted octanol–water partition coefficient (Wildman–Crippen LogP) is 1.12. The summed E-state index contributed by atoms with van der Waals surface area (Å²) in [7, 11) is 0. The van der Waals surface area contributed by atoms with Crippen molar-refractivity contribution in [3.63, 3.8) is 0 Å². The van der Waals surface area contributed by atoms with Crippen molar-refractivity contribution >= 4 is 17.2 Å². The van der Waals surface area contributed by atoms with Crippen LogP contribution in [-0.2, 0) is 16.1 Å². The van der Waals surface area contributed by atoms with Crippen LogP contribution in [-0.4, -0.2) is 33.6 Å². The molecule has 2 aromatic rings. The van der Waals surface area contributed by atoms with Crippen molar-refractivity contribution in [2.75, 3.05) is 6.61 Å². The first kappa shape index (κ1) is 12.3. The van der Waals surface area contributed by atoms with E-state index in [0.717, 1.165) is 23.5 Å². The van der Waals surface area contributed by atoms with E-state index in [1.54, 1.807) is 16.0 Å². The Hall–Kier alpha value is -1.73. The molecule has 3 heterocycles. The van der Waals surface area contributed by atoms with Crippen molar-refractivity contribution < 1.29 is 9.53 Å². The van der Waals surface area contributed by atoms with Gasteiger partial charge >= 0.3 is 0 Å². The summed E-state index contributed by atoms with van der Waals surface area (Å²) in [6.45, 7) is 1.05. The Labute approximate surface area is 114 Å². The summed E-state index contributed by atoms with van der Waals surface area (Å²) in [5.41, 5.74) is 0.736. The lowest BCUT2D eigenvalue weighted by molar-refractivity contribution is -0.130. The fourth-order valence-electron chi connectivity index (χ4n) is 1.96. The minimum atomic E-state index is -0.299. The summed E-state index contributed by atoms with van der Waals surface area (Å²) in [5, 5.41) is 13.9. The Morgan fingerprint density at radius 1 is 1.63 bits per heavy atom. The van der Waals surface area contributed by atoms with Gasteiger partial charge in [-0.1, -0.05) is 5.21 Å². The molecular weight excluding hydrogens is 264 g/mol. The van der Waals surface area contributed by atoms with E-state index in [1.807, 2.05) is 23.7 Å². The van der Waals surface area contributed by atoms with E-state index in [-0.39, 0.29) is 12.0 Å². The zero-order valence-corrected chi connectivity index (χ0v) is 11.1. The molecule has 100 valence electrons. The molecule has 1 atom stereocenters. The van der Waals surface area contributed by atoms with Crippen LogP contribution in [0.4, 0.5) is 0 Å². The first-order valence-electron chi connectivity index (χ1n) is 6.17. The van der Waals surface area contributed by atoms with Crippen molar-refractivity contribution in [3.8, 4) is 5.00 Å². The molecule has 7 heteroatoms. The van der Waals surface area contributed by atoms with Crippen molar-refractivity contribution in [2.24, 2.45) is 0 Å². The van der Waals surface area contributed by atoms with Gasteiger partial charge in [0.1, 0.15) is 16.8 Å². The highest BCUT2D eigenvalue weighted by atomic mass is 32.1. The average Bonchev–Trinajstić information content (AvgIpc) is 3.14. The molecule has 1 saturated heterocycles. The van der Waals surface area contributed by atoms with Crippen molar-refractivity contribution in [1.82, 2.24) is 20.3 Å².